The second-order valence-corrected chi connectivity index (χ2v) is 11.0. The highest BCUT2D eigenvalue weighted by Crippen LogP contribution is 2.37. The number of benzene rings is 1. The van der Waals surface area contributed by atoms with E-state index in [2.05, 4.69) is 15.0 Å². The molecule has 1 atom stereocenters. The predicted octanol–water partition coefficient (Wildman–Crippen LogP) is 5.79. The van der Waals surface area contributed by atoms with Crippen LogP contribution >= 0.6 is 22.9 Å². The second kappa shape index (κ2) is 10.2. The zero-order valence-corrected chi connectivity index (χ0v) is 22.5. The molecule has 0 saturated carbocycles. The van der Waals surface area contributed by atoms with Crippen LogP contribution in [0, 0.1) is 6.92 Å². The predicted molar refractivity (Wildman–Crippen MR) is 140 cm³/mol. The lowest BCUT2D eigenvalue weighted by Crippen LogP contribution is -2.53. The van der Waals surface area contributed by atoms with Gasteiger partial charge in [-0.3, -0.25) is 9.69 Å². The van der Waals surface area contributed by atoms with E-state index in [0.29, 0.717) is 30.9 Å². The summed E-state index contributed by atoms with van der Waals surface area (Å²) in [5.74, 6) is 0.176. The summed E-state index contributed by atoms with van der Waals surface area (Å²) < 4.78 is 49.3. The molecule has 1 fully saturated rings. The molecule has 38 heavy (non-hydrogen) atoms. The number of ether oxygens (including phenoxy) is 1. The smallest absolute Gasteiger partial charge is 0.433 e. The van der Waals surface area contributed by atoms with Crippen LogP contribution in [-0.4, -0.2) is 63.1 Å². The number of hydrogen-bond donors (Lipinski definition) is 0. The quantitative estimate of drug-likeness (QED) is 0.307. The Morgan fingerprint density at radius 2 is 1.92 bits per heavy atom. The van der Waals surface area contributed by atoms with E-state index in [-0.39, 0.29) is 28.5 Å². The minimum Gasteiger partial charge on any atom is -0.497 e. The molecule has 0 unspecified atom stereocenters. The van der Waals surface area contributed by atoms with Gasteiger partial charge in [-0.25, -0.2) is 9.50 Å². The van der Waals surface area contributed by atoms with Crippen LogP contribution in [0.1, 0.15) is 33.4 Å². The summed E-state index contributed by atoms with van der Waals surface area (Å²) in [6.07, 6.45) is -3.52. The molecule has 0 aliphatic carbocycles. The van der Waals surface area contributed by atoms with Crippen molar-refractivity contribution in [3.63, 3.8) is 0 Å². The fourth-order valence-corrected chi connectivity index (χ4v) is 6.01. The van der Waals surface area contributed by atoms with Gasteiger partial charge in [-0.15, -0.1) is 11.3 Å². The average molecular weight is 564 g/mol. The molecule has 12 heteroatoms. The summed E-state index contributed by atoms with van der Waals surface area (Å²) in [5, 5.41) is 3.97. The molecule has 1 amide bonds. The van der Waals surface area contributed by atoms with E-state index in [4.69, 9.17) is 16.3 Å². The molecule has 3 aromatic heterocycles. The number of thiophene rings is 1. The lowest BCUT2D eigenvalue weighted by atomic mass is 10.0. The van der Waals surface area contributed by atoms with Gasteiger partial charge < -0.3 is 9.64 Å². The Morgan fingerprint density at radius 3 is 2.53 bits per heavy atom. The maximum absolute atomic E-state index is 14.2. The first-order chi connectivity index (χ1) is 18.1. The zero-order chi connectivity index (χ0) is 27.2. The molecule has 1 aliphatic heterocycles. The highest BCUT2D eigenvalue weighted by Gasteiger charge is 2.39. The van der Waals surface area contributed by atoms with Crippen LogP contribution < -0.4 is 4.74 Å². The van der Waals surface area contributed by atoms with Crippen molar-refractivity contribution in [1.29, 1.82) is 0 Å². The molecule has 4 heterocycles. The van der Waals surface area contributed by atoms with E-state index in [0.717, 1.165) is 20.3 Å². The molecule has 1 aliphatic rings. The Hall–Kier alpha value is -3.15. The van der Waals surface area contributed by atoms with Gasteiger partial charge in [0.1, 0.15) is 11.3 Å². The first-order valence-corrected chi connectivity index (χ1v) is 13.1. The summed E-state index contributed by atoms with van der Waals surface area (Å²) in [5.41, 5.74) is -0.508. The molecule has 0 bridgehead atoms. The largest absolute Gasteiger partial charge is 0.497 e. The molecule has 7 nitrogen and oxygen atoms in total. The number of carbonyl (C=O) groups excluding carboxylic acids is 1. The van der Waals surface area contributed by atoms with Crippen molar-refractivity contribution in [2.75, 3.05) is 26.7 Å². The first-order valence-electron chi connectivity index (χ1n) is 11.9. The van der Waals surface area contributed by atoms with Gasteiger partial charge in [0.05, 0.1) is 23.3 Å². The molecule has 0 N–H and O–H groups in total. The maximum Gasteiger partial charge on any atom is 0.433 e. The highest BCUT2D eigenvalue weighted by molar-refractivity contribution is 7.16. The van der Waals surface area contributed by atoms with Gasteiger partial charge in [-0.05, 0) is 50.2 Å². The molecular weight excluding hydrogens is 539 g/mol. The summed E-state index contributed by atoms with van der Waals surface area (Å²) in [7, 11) is 1.51. The van der Waals surface area contributed by atoms with Crippen LogP contribution in [0.3, 0.4) is 0 Å². The Labute approximate surface area is 226 Å². The molecular formula is C26H25ClF3N5O2S. The lowest BCUT2D eigenvalue weighted by molar-refractivity contribution is -0.143. The third-order valence-electron chi connectivity index (χ3n) is 6.73. The first kappa shape index (κ1) is 26.5. The van der Waals surface area contributed by atoms with Crippen molar-refractivity contribution in [3.05, 3.63) is 68.6 Å². The topological polar surface area (TPSA) is 63.0 Å². The van der Waals surface area contributed by atoms with Crippen LogP contribution in [0.4, 0.5) is 13.2 Å². The molecule has 200 valence electrons. The van der Waals surface area contributed by atoms with Gasteiger partial charge in [0.25, 0.3) is 5.91 Å². The molecule has 0 spiro atoms. The summed E-state index contributed by atoms with van der Waals surface area (Å²) >= 11 is 7.57. The number of hydrogen-bond acceptors (Lipinski definition) is 6. The number of piperazine rings is 1. The summed E-state index contributed by atoms with van der Waals surface area (Å²) in [6.45, 7) is 5.69. The van der Waals surface area contributed by atoms with Gasteiger partial charge in [-0.2, -0.15) is 18.3 Å². The van der Waals surface area contributed by atoms with Crippen molar-refractivity contribution < 1.29 is 22.7 Å². The third-order valence-corrected chi connectivity index (χ3v) is 7.94. The van der Waals surface area contributed by atoms with Crippen molar-refractivity contribution in [1.82, 2.24) is 24.4 Å². The summed E-state index contributed by atoms with van der Waals surface area (Å²) in [6, 6.07) is 10.3. The maximum atomic E-state index is 14.2. The fraction of sp³-hybridized carbons (Fsp3) is 0.346. The van der Waals surface area contributed by atoms with E-state index in [1.807, 2.05) is 19.1 Å². The number of amides is 1. The number of alkyl halides is 3. The lowest BCUT2D eigenvalue weighted by Gasteiger charge is -2.39. The number of methoxy groups -OCH3 is 1. The molecule has 1 aromatic carbocycles. The van der Waals surface area contributed by atoms with Gasteiger partial charge in [-0.1, -0.05) is 11.6 Å². The van der Waals surface area contributed by atoms with Crippen LogP contribution in [0.5, 0.6) is 5.75 Å². The molecule has 5 rings (SSSR count). The van der Waals surface area contributed by atoms with E-state index < -0.39 is 17.8 Å². The van der Waals surface area contributed by atoms with E-state index >= 15 is 0 Å². The Kier molecular flexibility index (Phi) is 7.10. The van der Waals surface area contributed by atoms with Crippen molar-refractivity contribution in [3.8, 4) is 17.0 Å². The standard InChI is InChI=1S/C26H25ClF3N5O2S/c1-15-13-33(14-19-8-9-21(27)38-19)10-11-34(15)25(36)20-12-31-35-23(26(28,29)30)16(2)22(32-24(20)35)17-4-6-18(37-3)7-5-17/h4-9,12,15H,10-11,13-14H2,1-3H3/t15-/m1/s1. The monoisotopic (exact) mass is 563 g/mol. The number of aromatic nitrogens is 3. The third kappa shape index (κ3) is 4.97. The number of fused-ring (bicyclic) bond motifs is 1. The van der Waals surface area contributed by atoms with Crippen molar-refractivity contribution in [2.24, 2.45) is 0 Å². The van der Waals surface area contributed by atoms with E-state index in [1.54, 1.807) is 29.2 Å². The van der Waals surface area contributed by atoms with Crippen molar-refractivity contribution in [2.45, 2.75) is 32.6 Å². The van der Waals surface area contributed by atoms with Crippen LogP contribution in [0.25, 0.3) is 16.9 Å². The Morgan fingerprint density at radius 1 is 1.18 bits per heavy atom. The normalized spacial score (nSPS) is 16.8. The number of halogens is 4. The zero-order valence-electron chi connectivity index (χ0n) is 20.9. The van der Waals surface area contributed by atoms with Gasteiger partial charge in [0.15, 0.2) is 11.3 Å². The van der Waals surface area contributed by atoms with Crippen molar-refractivity contribution >= 4 is 34.5 Å². The Balaban J connectivity index is 1.49. The Bertz CT molecular complexity index is 1480. The van der Waals surface area contributed by atoms with Gasteiger partial charge in [0, 0.05) is 48.2 Å². The number of rotatable bonds is 5. The molecule has 0 radical (unpaired) electrons. The summed E-state index contributed by atoms with van der Waals surface area (Å²) in [4.78, 5) is 23.2. The van der Waals surface area contributed by atoms with Crippen LogP contribution in [0.2, 0.25) is 4.34 Å². The fourth-order valence-electron chi connectivity index (χ4n) is 4.88. The van der Waals surface area contributed by atoms with Gasteiger partial charge in [0.2, 0.25) is 0 Å². The highest BCUT2D eigenvalue weighted by atomic mass is 35.5. The molecule has 4 aromatic rings. The number of carbonyl (C=O) groups is 1. The minimum absolute atomic E-state index is 0.0376. The van der Waals surface area contributed by atoms with Crippen LogP contribution in [-0.2, 0) is 12.7 Å². The average Bonchev–Trinajstić information content (AvgIpc) is 3.48. The van der Waals surface area contributed by atoms with E-state index in [1.165, 1.54) is 31.6 Å². The van der Waals surface area contributed by atoms with E-state index in [9.17, 15) is 18.0 Å². The molecule has 1 saturated heterocycles. The second-order valence-electron chi connectivity index (χ2n) is 9.24. The minimum atomic E-state index is -4.71. The van der Waals surface area contributed by atoms with Gasteiger partial charge >= 0.3 is 6.18 Å². The van der Waals surface area contributed by atoms with Crippen LogP contribution in [0.15, 0.2) is 42.6 Å². The number of nitrogens with zero attached hydrogens (tertiary/aromatic N) is 5. The SMILES string of the molecule is COc1ccc(-c2nc3c(C(=O)N4CCN(Cc5ccc(Cl)s5)C[C@H]4C)cnn3c(C(F)(F)F)c2C)cc1.